The topological polar surface area (TPSA) is 70.4 Å². The zero-order valence-electron chi connectivity index (χ0n) is 21.4. The average Bonchev–Trinajstić information content (AvgIpc) is 3.37. The van der Waals surface area contributed by atoms with Crippen LogP contribution in [0.25, 0.3) is 0 Å². The summed E-state index contributed by atoms with van der Waals surface area (Å²) in [6.07, 6.45) is 1.41. The lowest BCUT2D eigenvalue weighted by Gasteiger charge is -2.36. The molecule has 0 spiro atoms. The molecule has 0 aromatic carbocycles. The second kappa shape index (κ2) is 10.7. The molecule has 0 atom stereocenters. The summed E-state index contributed by atoms with van der Waals surface area (Å²) in [5.41, 5.74) is -1.67. The van der Waals surface area contributed by atoms with Crippen LogP contribution in [0.15, 0.2) is 23.1 Å². The molecule has 2 fully saturated rings. The smallest absolute Gasteiger partial charge is 0.356 e. The summed E-state index contributed by atoms with van der Waals surface area (Å²) in [5, 5.41) is 0. The van der Waals surface area contributed by atoms with E-state index < -0.39 is 17.3 Å². The number of nitrogens with zero attached hydrogens (tertiary/aromatic N) is 7. The molecule has 2 aromatic heterocycles. The first kappa shape index (κ1) is 26.4. The van der Waals surface area contributed by atoms with Crippen molar-refractivity contribution in [3.63, 3.8) is 0 Å². The number of piperazine rings is 1. The maximum atomic E-state index is 13.4. The molecule has 8 nitrogen and oxygen atoms in total. The Morgan fingerprint density at radius 2 is 1.47 bits per heavy atom. The van der Waals surface area contributed by atoms with Gasteiger partial charge in [-0.1, -0.05) is 20.8 Å². The molecule has 2 aliphatic heterocycles. The van der Waals surface area contributed by atoms with Gasteiger partial charge in [-0.2, -0.15) is 18.2 Å². The van der Waals surface area contributed by atoms with Crippen molar-refractivity contribution in [2.45, 2.75) is 64.6 Å². The summed E-state index contributed by atoms with van der Waals surface area (Å²) in [6.45, 7) is 11.6. The Bertz CT molecular complexity index is 1050. The van der Waals surface area contributed by atoms with Gasteiger partial charge in [0.15, 0.2) is 0 Å². The molecule has 0 saturated carbocycles. The van der Waals surface area contributed by atoms with Gasteiger partial charge in [0.05, 0.1) is 0 Å². The van der Waals surface area contributed by atoms with E-state index in [9.17, 15) is 18.0 Å². The molecule has 0 radical (unpaired) electrons. The zero-order valence-corrected chi connectivity index (χ0v) is 21.4. The highest BCUT2D eigenvalue weighted by Crippen LogP contribution is 2.32. The number of aromatic nitrogens is 4. The van der Waals surface area contributed by atoms with Crippen molar-refractivity contribution in [1.82, 2.24) is 24.4 Å². The first-order chi connectivity index (χ1) is 17.0. The quantitative estimate of drug-likeness (QED) is 0.531. The van der Waals surface area contributed by atoms with Crippen molar-refractivity contribution >= 4 is 11.6 Å². The minimum absolute atomic E-state index is 0.202. The van der Waals surface area contributed by atoms with Gasteiger partial charge in [0.1, 0.15) is 23.2 Å². The third kappa shape index (κ3) is 6.54. The van der Waals surface area contributed by atoms with Crippen molar-refractivity contribution in [3.8, 4) is 0 Å². The van der Waals surface area contributed by atoms with Crippen molar-refractivity contribution < 1.29 is 13.2 Å². The number of alkyl halides is 3. The van der Waals surface area contributed by atoms with Crippen LogP contribution in [0, 0.1) is 0 Å². The molecule has 198 valence electrons. The van der Waals surface area contributed by atoms with Gasteiger partial charge in [-0.15, -0.1) is 0 Å². The minimum atomic E-state index is -4.51. The van der Waals surface area contributed by atoms with E-state index in [1.54, 1.807) is 4.57 Å². The number of aryl methyl sites for hydroxylation is 1. The normalized spacial score (nSPS) is 17.7. The zero-order chi connectivity index (χ0) is 25.9. The van der Waals surface area contributed by atoms with E-state index in [-0.39, 0.29) is 11.5 Å². The van der Waals surface area contributed by atoms with Gasteiger partial charge in [0.25, 0.3) is 0 Å². The van der Waals surface area contributed by atoms with Gasteiger partial charge in [0.2, 0.25) is 0 Å². The third-order valence-corrected chi connectivity index (χ3v) is 6.78. The number of halogens is 3. The Morgan fingerprint density at radius 1 is 0.833 bits per heavy atom. The van der Waals surface area contributed by atoms with Crippen molar-refractivity contribution in [2.24, 2.45) is 0 Å². The predicted molar refractivity (Wildman–Crippen MR) is 134 cm³/mol. The second-order valence-corrected chi connectivity index (χ2v) is 10.7. The van der Waals surface area contributed by atoms with Gasteiger partial charge in [-0.05, 0) is 38.3 Å². The highest BCUT2D eigenvalue weighted by atomic mass is 19.4. The van der Waals surface area contributed by atoms with Crippen LogP contribution in [0.2, 0.25) is 0 Å². The Hall–Kier alpha value is -2.69. The first-order valence-corrected chi connectivity index (χ1v) is 12.8. The van der Waals surface area contributed by atoms with E-state index in [1.807, 2.05) is 37.9 Å². The SMILES string of the molecule is CC(C)(C)c1nc(N2CCN(CCCCn3ccc(N4CCCC4)nc3=O)CC2)cc(C(F)(F)F)n1. The van der Waals surface area contributed by atoms with E-state index in [2.05, 4.69) is 24.8 Å². The van der Waals surface area contributed by atoms with Crippen LogP contribution in [0.1, 0.15) is 58.0 Å². The molecule has 4 rings (SSSR count). The number of rotatable bonds is 7. The van der Waals surface area contributed by atoms with E-state index in [0.717, 1.165) is 70.3 Å². The highest BCUT2D eigenvalue weighted by Gasteiger charge is 2.36. The van der Waals surface area contributed by atoms with Gasteiger partial charge in [-0.3, -0.25) is 9.47 Å². The number of hydrogen-bond donors (Lipinski definition) is 0. The Balaban J connectivity index is 1.26. The van der Waals surface area contributed by atoms with Crippen LogP contribution < -0.4 is 15.5 Å². The van der Waals surface area contributed by atoms with Gasteiger partial charge in [-0.25, -0.2) is 14.8 Å². The summed E-state index contributed by atoms with van der Waals surface area (Å²) >= 11 is 0. The summed E-state index contributed by atoms with van der Waals surface area (Å²) in [7, 11) is 0. The van der Waals surface area contributed by atoms with Gasteiger partial charge >= 0.3 is 11.9 Å². The van der Waals surface area contributed by atoms with E-state index in [4.69, 9.17) is 0 Å². The van der Waals surface area contributed by atoms with E-state index in [0.29, 0.717) is 25.5 Å². The maximum absolute atomic E-state index is 13.4. The Kier molecular flexibility index (Phi) is 7.87. The van der Waals surface area contributed by atoms with Crippen molar-refractivity contribution in [2.75, 3.05) is 55.6 Å². The number of unbranched alkanes of at least 4 members (excludes halogenated alkanes) is 1. The standard InChI is InChI=1S/C25H36F3N7O/c1-24(2,3)22-29-19(25(26,27)28)18-21(30-22)34-16-14-32(15-17-34)9-4-5-12-35-13-8-20(31-23(35)36)33-10-6-7-11-33/h8,13,18H,4-7,9-12,14-17H2,1-3H3. The van der Waals surface area contributed by atoms with Crippen molar-refractivity contribution in [3.05, 3.63) is 40.3 Å². The van der Waals surface area contributed by atoms with Gasteiger partial charge < -0.3 is 9.80 Å². The summed E-state index contributed by atoms with van der Waals surface area (Å²) in [4.78, 5) is 31.2. The molecule has 0 aliphatic carbocycles. The second-order valence-electron chi connectivity index (χ2n) is 10.7. The molecule has 0 bridgehead atoms. The molecule has 2 aromatic rings. The highest BCUT2D eigenvalue weighted by molar-refractivity contribution is 5.42. The van der Waals surface area contributed by atoms with Crippen LogP contribution in [0.5, 0.6) is 0 Å². The lowest BCUT2D eigenvalue weighted by molar-refractivity contribution is -0.141. The van der Waals surface area contributed by atoms with E-state index in [1.165, 1.54) is 0 Å². The molecule has 2 saturated heterocycles. The monoisotopic (exact) mass is 507 g/mol. The van der Waals surface area contributed by atoms with Crippen LogP contribution in [-0.2, 0) is 18.1 Å². The minimum Gasteiger partial charge on any atom is -0.356 e. The summed E-state index contributed by atoms with van der Waals surface area (Å²) < 4.78 is 42.0. The van der Waals surface area contributed by atoms with Crippen LogP contribution in [0.4, 0.5) is 24.8 Å². The summed E-state index contributed by atoms with van der Waals surface area (Å²) in [6, 6.07) is 2.99. The molecule has 0 N–H and O–H groups in total. The fraction of sp³-hybridized carbons (Fsp3) is 0.680. The molecule has 36 heavy (non-hydrogen) atoms. The predicted octanol–water partition coefficient (Wildman–Crippen LogP) is 3.55. The fourth-order valence-corrected chi connectivity index (χ4v) is 4.61. The van der Waals surface area contributed by atoms with E-state index >= 15 is 0 Å². The molecular weight excluding hydrogens is 471 g/mol. The summed E-state index contributed by atoms with van der Waals surface area (Å²) in [5.74, 6) is 1.31. The molecular formula is C25H36F3N7O. The molecule has 4 heterocycles. The Labute approximate surface area is 210 Å². The van der Waals surface area contributed by atoms with Crippen molar-refractivity contribution in [1.29, 1.82) is 0 Å². The largest absolute Gasteiger partial charge is 0.433 e. The fourth-order valence-electron chi connectivity index (χ4n) is 4.61. The molecule has 11 heteroatoms. The van der Waals surface area contributed by atoms with Crippen LogP contribution in [0.3, 0.4) is 0 Å². The number of anilines is 2. The Morgan fingerprint density at radius 3 is 2.08 bits per heavy atom. The number of hydrogen-bond acceptors (Lipinski definition) is 7. The van der Waals surface area contributed by atoms with Crippen LogP contribution >= 0.6 is 0 Å². The lowest BCUT2D eigenvalue weighted by Crippen LogP contribution is -2.47. The lowest BCUT2D eigenvalue weighted by atomic mass is 9.95. The van der Waals surface area contributed by atoms with Crippen LogP contribution in [-0.4, -0.2) is 70.2 Å². The maximum Gasteiger partial charge on any atom is 0.433 e. The average molecular weight is 508 g/mol. The molecule has 0 unspecified atom stereocenters. The first-order valence-electron chi connectivity index (χ1n) is 12.8. The molecule has 2 aliphatic rings. The molecule has 0 amide bonds. The van der Waals surface area contributed by atoms with Gasteiger partial charge in [0, 0.05) is 63.5 Å². The third-order valence-electron chi connectivity index (χ3n) is 6.78.